The van der Waals surface area contributed by atoms with Gasteiger partial charge in [-0.3, -0.25) is 9.78 Å². The zero-order chi connectivity index (χ0) is 23.0. The van der Waals surface area contributed by atoms with Crippen LogP contribution in [0.1, 0.15) is 49.8 Å². The van der Waals surface area contributed by atoms with Crippen LogP contribution in [0.2, 0.25) is 0 Å². The van der Waals surface area contributed by atoms with Crippen LogP contribution in [0, 0.1) is 20.8 Å². The highest BCUT2D eigenvalue weighted by molar-refractivity contribution is 5.98. The molecule has 3 aromatic rings. The number of anilines is 1. The van der Waals surface area contributed by atoms with Crippen molar-refractivity contribution in [2.24, 2.45) is 0 Å². The minimum absolute atomic E-state index is 0.112. The molecule has 0 atom stereocenters. The van der Waals surface area contributed by atoms with Crippen molar-refractivity contribution < 1.29 is 14.8 Å². The number of hydrogen-bond acceptors (Lipinski definition) is 6. The Bertz CT molecular complexity index is 1270. The highest BCUT2D eigenvalue weighted by atomic mass is 16.5. The molecule has 7 heteroatoms. The first kappa shape index (κ1) is 13.0. The summed E-state index contributed by atoms with van der Waals surface area (Å²) in [4.78, 5) is 22.0. The molecule has 0 spiro atoms. The summed E-state index contributed by atoms with van der Waals surface area (Å²) in [7, 11) is 0. The molecular weight excluding hydrogens is 354 g/mol. The Hall–Kier alpha value is -3.22. The molecule has 28 heavy (non-hydrogen) atoms. The van der Waals surface area contributed by atoms with Crippen molar-refractivity contribution in [1.29, 1.82) is 0 Å². The number of aromatic nitrogens is 3. The van der Waals surface area contributed by atoms with E-state index < -0.39 is 13.0 Å². The number of rotatable bonds is 2. The van der Waals surface area contributed by atoms with E-state index in [4.69, 9.17) is 10.0 Å². The first-order valence-electron chi connectivity index (χ1n) is 11.0. The lowest BCUT2D eigenvalue weighted by molar-refractivity contribution is 0.0965. The van der Waals surface area contributed by atoms with E-state index in [0.29, 0.717) is 39.5 Å². The van der Waals surface area contributed by atoms with Crippen molar-refractivity contribution in [3.8, 4) is 11.1 Å². The third-order valence-electron chi connectivity index (χ3n) is 5.07. The van der Waals surface area contributed by atoms with Gasteiger partial charge in [0.2, 0.25) is 0 Å². The Morgan fingerprint density at radius 1 is 1.25 bits per heavy atom. The largest absolute Gasteiger partial charge is 0.361 e. The third kappa shape index (κ3) is 2.58. The molecule has 0 aromatic carbocycles. The average molecular weight is 379 g/mol. The molecule has 5 rings (SSSR count). The van der Waals surface area contributed by atoms with Crippen LogP contribution in [0.4, 0.5) is 5.82 Å². The molecule has 0 bridgehead atoms. The summed E-state index contributed by atoms with van der Waals surface area (Å²) in [6.45, 7) is 1.18. The van der Waals surface area contributed by atoms with Crippen molar-refractivity contribution in [3.63, 3.8) is 0 Å². The summed E-state index contributed by atoms with van der Waals surface area (Å²) in [6, 6.07) is 3.32. The monoisotopic (exact) mass is 379 g/mol. The number of nitrogens with one attached hydrogen (secondary N) is 1. The van der Waals surface area contributed by atoms with Gasteiger partial charge < -0.3 is 14.7 Å². The van der Waals surface area contributed by atoms with Gasteiger partial charge in [0.15, 0.2) is 0 Å². The van der Waals surface area contributed by atoms with Crippen molar-refractivity contribution in [2.75, 3.05) is 11.4 Å². The fourth-order valence-electron chi connectivity index (χ4n) is 3.66. The van der Waals surface area contributed by atoms with Crippen LogP contribution < -0.4 is 10.2 Å². The molecule has 142 valence electrons. The molecule has 0 saturated heterocycles. The minimum atomic E-state index is -2.25. The predicted octanol–water partition coefficient (Wildman–Crippen LogP) is 2.86. The molecule has 2 aliphatic rings. The van der Waals surface area contributed by atoms with Gasteiger partial charge in [-0.15, -0.1) is 0 Å². The summed E-state index contributed by atoms with van der Waals surface area (Å²) >= 11 is 0. The van der Waals surface area contributed by atoms with E-state index in [0.717, 1.165) is 10.5 Å². The molecule has 2 aliphatic heterocycles. The zero-order valence-corrected chi connectivity index (χ0v) is 15.8. The van der Waals surface area contributed by atoms with E-state index >= 15 is 0 Å². The highest BCUT2D eigenvalue weighted by Crippen LogP contribution is 2.31. The number of hydrogen-bond donors (Lipinski definition) is 1. The van der Waals surface area contributed by atoms with Crippen LogP contribution in [0.3, 0.4) is 0 Å². The lowest BCUT2D eigenvalue weighted by Crippen LogP contribution is -2.32. The minimum Gasteiger partial charge on any atom is -0.361 e. The Balaban J connectivity index is 1.68. The standard InChI is InChI=1S/C21H21N5O2/c1-11-6-16-18(9-23-21(16)27)24-20(11)26-5-4-17-15(10-26)7-14(8-22-17)19-12(2)25-28-13(19)3/h6-8H,4-5,9-10H2,1-3H3,(H,23,27)/i5D2,10D2. The second-order valence-corrected chi connectivity index (χ2v) is 7.01. The molecule has 0 aliphatic carbocycles. The molecule has 0 unspecified atom stereocenters. The topological polar surface area (TPSA) is 84.2 Å². The van der Waals surface area contributed by atoms with Gasteiger partial charge in [-0.2, -0.15) is 0 Å². The number of nitrogens with zero attached hydrogens (tertiary/aromatic N) is 4. The number of fused-ring (bicyclic) bond motifs is 2. The van der Waals surface area contributed by atoms with E-state index in [9.17, 15) is 4.79 Å². The molecule has 5 heterocycles. The van der Waals surface area contributed by atoms with Crippen molar-refractivity contribution >= 4 is 11.7 Å². The van der Waals surface area contributed by atoms with E-state index in [2.05, 4.69) is 20.4 Å². The Kier molecular flexibility index (Phi) is 2.87. The van der Waals surface area contributed by atoms with E-state index in [-0.39, 0.29) is 30.3 Å². The first-order chi connectivity index (χ1) is 15.0. The SMILES string of the molecule is [2H]C1([2H])Cc2ncc(-c3c(C)noc3C)cc2C([2H])([2H])N1c1nc2c(cc1C)C(=O)NC2. The van der Waals surface area contributed by atoms with E-state index in [1.807, 2.05) is 0 Å². The van der Waals surface area contributed by atoms with Crippen LogP contribution >= 0.6 is 0 Å². The maximum Gasteiger partial charge on any atom is 0.253 e. The van der Waals surface area contributed by atoms with Gasteiger partial charge in [-0.25, -0.2) is 4.98 Å². The molecule has 1 N–H and O–H groups in total. The zero-order valence-electron chi connectivity index (χ0n) is 19.8. The van der Waals surface area contributed by atoms with Crippen LogP contribution in [0.25, 0.3) is 11.1 Å². The smallest absolute Gasteiger partial charge is 0.253 e. The lowest BCUT2D eigenvalue weighted by atomic mass is 9.99. The molecular formula is C21H21N5O2. The number of carbonyl (C=O) groups is 1. The summed E-state index contributed by atoms with van der Waals surface area (Å²) in [6.07, 6.45) is 1.49. The normalized spacial score (nSPS) is 21.1. The maximum atomic E-state index is 12.0. The number of amides is 1. The summed E-state index contributed by atoms with van der Waals surface area (Å²) < 4.78 is 40.5. The van der Waals surface area contributed by atoms with Crippen molar-refractivity contribution in [2.45, 2.75) is 40.2 Å². The van der Waals surface area contributed by atoms with Crippen LogP contribution in [-0.2, 0) is 19.5 Å². The average Bonchev–Trinajstić information content (AvgIpc) is 3.23. The number of aryl methyl sites for hydroxylation is 4. The van der Waals surface area contributed by atoms with E-state index in [1.54, 1.807) is 39.1 Å². The number of pyridine rings is 2. The lowest BCUT2D eigenvalue weighted by Gasteiger charge is -2.30. The van der Waals surface area contributed by atoms with Crippen LogP contribution in [0.15, 0.2) is 22.9 Å². The van der Waals surface area contributed by atoms with Gasteiger partial charge in [0.05, 0.1) is 26.2 Å². The second kappa shape index (κ2) is 6.15. The van der Waals surface area contributed by atoms with Crippen LogP contribution in [-0.4, -0.2) is 27.5 Å². The quantitative estimate of drug-likeness (QED) is 0.737. The fourth-order valence-corrected chi connectivity index (χ4v) is 3.66. The Morgan fingerprint density at radius 3 is 2.89 bits per heavy atom. The third-order valence-corrected chi connectivity index (χ3v) is 5.07. The molecule has 0 fully saturated rings. The van der Waals surface area contributed by atoms with Gasteiger partial charge in [0, 0.05) is 45.2 Å². The molecule has 3 aromatic heterocycles. The van der Waals surface area contributed by atoms with Gasteiger partial charge in [-0.1, -0.05) is 5.16 Å². The second-order valence-electron chi connectivity index (χ2n) is 7.01. The molecule has 7 nitrogen and oxygen atoms in total. The summed E-state index contributed by atoms with van der Waals surface area (Å²) in [5.74, 6) is 0.537. The summed E-state index contributed by atoms with van der Waals surface area (Å²) in [5, 5.41) is 6.67. The van der Waals surface area contributed by atoms with Gasteiger partial charge in [-0.05, 0) is 44.0 Å². The Morgan fingerprint density at radius 2 is 2.11 bits per heavy atom. The Labute approximate surface area is 168 Å². The van der Waals surface area contributed by atoms with Gasteiger partial charge in [0.1, 0.15) is 11.6 Å². The number of carbonyl (C=O) groups excluding carboxylic acids is 1. The highest BCUT2D eigenvalue weighted by Gasteiger charge is 2.26. The van der Waals surface area contributed by atoms with Gasteiger partial charge >= 0.3 is 0 Å². The van der Waals surface area contributed by atoms with Gasteiger partial charge in [0.25, 0.3) is 5.91 Å². The summed E-state index contributed by atoms with van der Waals surface area (Å²) in [5.41, 5.74) is 4.12. The van der Waals surface area contributed by atoms with Crippen molar-refractivity contribution in [1.82, 2.24) is 20.4 Å². The molecule has 0 radical (unpaired) electrons. The predicted molar refractivity (Wildman–Crippen MR) is 104 cm³/mol. The van der Waals surface area contributed by atoms with Crippen LogP contribution in [0.5, 0.6) is 0 Å². The maximum absolute atomic E-state index is 12.0. The molecule has 0 saturated carbocycles. The van der Waals surface area contributed by atoms with Crippen molar-refractivity contribution in [3.05, 3.63) is 57.9 Å². The molecule has 1 amide bonds. The fraction of sp³-hybridized carbons (Fsp3) is 0.333. The first-order valence-corrected chi connectivity index (χ1v) is 9.02. The van der Waals surface area contributed by atoms with E-state index in [1.165, 1.54) is 0 Å².